The van der Waals surface area contributed by atoms with E-state index in [2.05, 4.69) is 10.6 Å². The third-order valence-electron chi connectivity index (χ3n) is 5.71. The van der Waals surface area contributed by atoms with Gasteiger partial charge in [0.1, 0.15) is 23.4 Å². The number of hydrogen-bond donors (Lipinski definition) is 2. The number of carbonyl (C=O) groups is 2. The Balaban J connectivity index is 1.33. The van der Waals surface area contributed by atoms with Crippen LogP contribution in [0.2, 0.25) is 0 Å². The lowest BCUT2D eigenvalue weighted by Crippen LogP contribution is -2.36. The Hall–Kier alpha value is -4.07. The summed E-state index contributed by atoms with van der Waals surface area (Å²) in [6.45, 7) is 2.62. The number of rotatable bonds is 8. The van der Waals surface area contributed by atoms with E-state index in [0.29, 0.717) is 23.7 Å². The van der Waals surface area contributed by atoms with Crippen molar-refractivity contribution in [3.05, 3.63) is 83.7 Å². The van der Waals surface area contributed by atoms with E-state index in [1.54, 1.807) is 31.1 Å². The van der Waals surface area contributed by atoms with Gasteiger partial charge in [-0.1, -0.05) is 24.3 Å². The van der Waals surface area contributed by atoms with E-state index in [-0.39, 0.29) is 30.8 Å². The van der Waals surface area contributed by atoms with Gasteiger partial charge in [0.25, 0.3) is 0 Å². The highest BCUT2D eigenvalue weighted by Gasteiger charge is 2.25. The minimum absolute atomic E-state index is 0.0121. The van der Waals surface area contributed by atoms with Gasteiger partial charge in [0.05, 0.1) is 20.1 Å². The Morgan fingerprint density at radius 3 is 2.66 bits per heavy atom. The number of fused-ring (bicyclic) bond motifs is 1. The highest BCUT2D eigenvalue weighted by molar-refractivity contribution is 5.98. The molecule has 7 nitrogen and oxygen atoms in total. The van der Waals surface area contributed by atoms with Crippen molar-refractivity contribution in [1.29, 1.82) is 0 Å². The number of nitrogens with zero attached hydrogens (tertiary/aromatic N) is 1. The molecule has 182 valence electrons. The maximum absolute atomic E-state index is 13.3. The molecular formula is C27H28FN3O4. The van der Waals surface area contributed by atoms with Gasteiger partial charge in [-0.25, -0.2) is 9.18 Å². The monoisotopic (exact) mass is 477 g/mol. The molecule has 0 spiro atoms. The van der Waals surface area contributed by atoms with Gasteiger partial charge >= 0.3 is 6.03 Å². The van der Waals surface area contributed by atoms with Crippen molar-refractivity contribution >= 4 is 23.3 Å². The summed E-state index contributed by atoms with van der Waals surface area (Å²) in [6, 6.07) is 18.5. The van der Waals surface area contributed by atoms with Gasteiger partial charge in [-0.15, -0.1) is 0 Å². The van der Waals surface area contributed by atoms with Gasteiger partial charge in [-0.3, -0.25) is 4.79 Å². The average molecular weight is 478 g/mol. The predicted octanol–water partition coefficient (Wildman–Crippen LogP) is 4.56. The number of halogens is 1. The van der Waals surface area contributed by atoms with Gasteiger partial charge in [-0.05, 0) is 60.9 Å². The van der Waals surface area contributed by atoms with Crippen LogP contribution in [0.15, 0.2) is 66.7 Å². The summed E-state index contributed by atoms with van der Waals surface area (Å²) >= 11 is 0. The van der Waals surface area contributed by atoms with Gasteiger partial charge in [0.2, 0.25) is 5.91 Å². The molecule has 0 bridgehead atoms. The highest BCUT2D eigenvalue weighted by Crippen LogP contribution is 2.31. The normalized spacial score (nSPS) is 13.1. The van der Waals surface area contributed by atoms with Crippen LogP contribution in [-0.4, -0.2) is 38.2 Å². The number of benzene rings is 3. The Labute approximate surface area is 203 Å². The molecule has 0 aliphatic carbocycles. The van der Waals surface area contributed by atoms with Crippen LogP contribution in [0.25, 0.3) is 0 Å². The molecule has 0 aromatic heterocycles. The third kappa shape index (κ3) is 6.29. The van der Waals surface area contributed by atoms with Crippen LogP contribution in [-0.2, 0) is 17.6 Å². The highest BCUT2D eigenvalue weighted by atomic mass is 19.1. The first-order chi connectivity index (χ1) is 16.9. The molecule has 1 aliphatic heterocycles. The number of urea groups is 1. The topological polar surface area (TPSA) is 79.9 Å². The van der Waals surface area contributed by atoms with E-state index >= 15 is 0 Å². The molecule has 1 heterocycles. The number of hydrogen-bond acceptors (Lipinski definition) is 4. The number of nitrogens with one attached hydrogen (secondary N) is 2. The summed E-state index contributed by atoms with van der Waals surface area (Å²) in [5, 5.41) is 5.55. The minimum Gasteiger partial charge on any atom is -0.497 e. The first-order valence-electron chi connectivity index (χ1n) is 11.4. The Morgan fingerprint density at radius 1 is 1.06 bits per heavy atom. The van der Waals surface area contributed by atoms with Crippen LogP contribution in [0.5, 0.6) is 11.5 Å². The fourth-order valence-electron chi connectivity index (χ4n) is 3.99. The summed E-state index contributed by atoms with van der Waals surface area (Å²) in [4.78, 5) is 27.2. The van der Waals surface area contributed by atoms with Gasteiger partial charge in [0, 0.05) is 24.0 Å². The van der Waals surface area contributed by atoms with Crippen molar-refractivity contribution < 1.29 is 23.5 Å². The minimum atomic E-state index is -0.396. The van der Waals surface area contributed by atoms with Crippen molar-refractivity contribution in [2.75, 3.05) is 30.4 Å². The fourth-order valence-corrected chi connectivity index (χ4v) is 3.99. The SMILES string of the molecule is COc1cccc(CC(=O)N2CCc3ccc(NC(=O)NCC(C)Oc4cccc(F)c4)cc32)c1. The zero-order valence-electron chi connectivity index (χ0n) is 19.7. The molecule has 35 heavy (non-hydrogen) atoms. The van der Waals surface area contributed by atoms with Crippen LogP contribution in [0, 0.1) is 5.82 Å². The number of methoxy groups -OCH3 is 1. The van der Waals surface area contributed by atoms with E-state index in [9.17, 15) is 14.0 Å². The molecule has 8 heteroatoms. The molecule has 1 atom stereocenters. The van der Waals surface area contributed by atoms with E-state index in [1.807, 2.05) is 42.5 Å². The third-order valence-corrected chi connectivity index (χ3v) is 5.71. The number of carbonyl (C=O) groups excluding carboxylic acids is 2. The molecule has 3 aromatic carbocycles. The van der Waals surface area contributed by atoms with Crippen LogP contribution in [0.4, 0.5) is 20.6 Å². The molecule has 0 fully saturated rings. The molecule has 4 rings (SSSR count). The van der Waals surface area contributed by atoms with Crippen molar-refractivity contribution in [3.63, 3.8) is 0 Å². The lowest BCUT2D eigenvalue weighted by molar-refractivity contribution is -0.117. The van der Waals surface area contributed by atoms with E-state index in [1.165, 1.54) is 12.1 Å². The van der Waals surface area contributed by atoms with Gasteiger partial charge in [0.15, 0.2) is 0 Å². The zero-order chi connectivity index (χ0) is 24.8. The maximum Gasteiger partial charge on any atom is 0.319 e. The first kappa shape index (κ1) is 24.1. The zero-order valence-corrected chi connectivity index (χ0v) is 19.7. The van der Waals surface area contributed by atoms with E-state index in [4.69, 9.17) is 9.47 Å². The molecule has 2 N–H and O–H groups in total. The molecular weight excluding hydrogens is 449 g/mol. The van der Waals surface area contributed by atoms with Crippen molar-refractivity contribution in [2.24, 2.45) is 0 Å². The molecule has 0 saturated carbocycles. The largest absolute Gasteiger partial charge is 0.497 e. The summed E-state index contributed by atoms with van der Waals surface area (Å²) in [5.41, 5.74) is 3.33. The second-order valence-electron chi connectivity index (χ2n) is 8.39. The van der Waals surface area contributed by atoms with Crippen molar-refractivity contribution in [3.8, 4) is 11.5 Å². The molecule has 1 aliphatic rings. The van der Waals surface area contributed by atoms with E-state index in [0.717, 1.165) is 23.2 Å². The van der Waals surface area contributed by atoms with Crippen LogP contribution < -0.4 is 25.0 Å². The Kier molecular flexibility index (Phi) is 7.50. The first-order valence-corrected chi connectivity index (χ1v) is 11.4. The average Bonchev–Trinajstić information content (AvgIpc) is 3.26. The molecule has 1 unspecified atom stereocenters. The quantitative estimate of drug-likeness (QED) is 0.499. The fraction of sp³-hybridized carbons (Fsp3) is 0.259. The molecule has 0 radical (unpaired) electrons. The second kappa shape index (κ2) is 10.9. The molecule has 3 aromatic rings. The Morgan fingerprint density at radius 2 is 1.86 bits per heavy atom. The number of ether oxygens (including phenoxy) is 2. The molecule has 0 saturated heterocycles. The van der Waals surface area contributed by atoms with Gasteiger partial charge in [-0.2, -0.15) is 0 Å². The van der Waals surface area contributed by atoms with Crippen molar-refractivity contribution in [1.82, 2.24) is 5.32 Å². The summed E-state index contributed by atoms with van der Waals surface area (Å²) < 4.78 is 24.2. The number of anilines is 2. The summed E-state index contributed by atoms with van der Waals surface area (Å²) in [7, 11) is 1.60. The van der Waals surface area contributed by atoms with Crippen LogP contribution in [0.3, 0.4) is 0 Å². The van der Waals surface area contributed by atoms with Gasteiger partial charge < -0.3 is 25.0 Å². The van der Waals surface area contributed by atoms with Crippen LogP contribution in [0.1, 0.15) is 18.1 Å². The van der Waals surface area contributed by atoms with Crippen molar-refractivity contribution in [2.45, 2.75) is 25.9 Å². The maximum atomic E-state index is 13.3. The molecule has 3 amide bonds. The lowest BCUT2D eigenvalue weighted by atomic mass is 10.1. The Bertz CT molecular complexity index is 1220. The number of amides is 3. The van der Waals surface area contributed by atoms with E-state index < -0.39 is 6.03 Å². The smallest absolute Gasteiger partial charge is 0.319 e. The summed E-state index contributed by atoms with van der Waals surface area (Å²) in [5.74, 6) is 0.720. The second-order valence-corrected chi connectivity index (χ2v) is 8.39. The standard InChI is InChI=1S/C27H28FN3O4/c1-18(35-24-8-4-6-21(28)15-24)17-29-27(33)30-22-10-9-20-11-12-31(25(20)16-22)26(32)14-19-5-3-7-23(13-19)34-2/h3-10,13,15-16,18H,11-12,14,17H2,1-2H3,(H2,29,30,33). The summed E-state index contributed by atoms with van der Waals surface area (Å²) in [6.07, 6.45) is 0.672. The lowest BCUT2D eigenvalue weighted by Gasteiger charge is -2.19. The van der Waals surface area contributed by atoms with Crippen LogP contribution >= 0.6 is 0 Å². The predicted molar refractivity (Wildman–Crippen MR) is 133 cm³/mol.